The van der Waals surface area contributed by atoms with Crippen LogP contribution in [0.25, 0.3) is 0 Å². The van der Waals surface area contributed by atoms with Crippen molar-refractivity contribution in [3.8, 4) is 17.2 Å². The smallest absolute Gasteiger partial charge is 0.161 e. The molecule has 0 bridgehead atoms. The van der Waals surface area contributed by atoms with Crippen LogP contribution < -0.4 is 14.2 Å². The number of hydrogen-bond acceptors (Lipinski definition) is 6. The van der Waals surface area contributed by atoms with Crippen molar-refractivity contribution in [2.24, 2.45) is 0 Å². The fourth-order valence-corrected chi connectivity index (χ4v) is 4.96. The molecule has 2 atom stereocenters. The second-order valence-corrected chi connectivity index (χ2v) is 9.20. The molecule has 0 unspecified atom stereocenters. The van der Waals surface area contributed by atoms with Crippen LogP contribution in [0.5, 0.6) is 17.2 Å². The summed E-state index contributed by atoms with van der Waals surface area (Å²) in [5.41, 5.74) is 3.79. The molecule has 3 aliphatic rings. The lowest BCUT2D eigenvalue weighted by Gasteiger charge is -2.46. The number of β-amino-alcohol motifs (C(OH)–C–C–N with tert-alkyl or cyclic N) is 1. The highest BCUT2D eigenvalue weighted by Gasteiger charge is 2.43. The van der Waals surface area contributed by atoms with Crippen LogP contribution in [0.15, 0.2) is 30.3 Å². The van der Waals surface area contributed by atoms with E-state index in [9.17, 15) is 10.2 Å². The number of benzene rings is 2. The van der Waals surface area contributed by atoms with Crippen molar-refractivity contribution in [2.75, 3.05) is 32.8 Å². The van der Waals surface area contributed by atoms with Gasteiger partial charge >= 0.3 is 0 Å². The number of hydrogen-bond donors (Lipinski definition) is 2. The van der Waals surface area contributed by atoms with Gasteiger partial charge in [-0.1, -0.05) is 6.07 Å². The summed E-state index contributed by atoms with van der Waals surface area (Å²) < 4.78 is 17.7. The molecular formula is C25H31NO5. The fraction of sp³-hybridized carbons (Fsp3) is 0.520. The zero-order chi connectivity index (χ0) is 21.6. The van der Waals surface area contributed by atoms with E-state index in [0.717, 1.165) is 48.6 Å². The van der Waals surface area contributed by atoms with Crippen molar-refractivity contribution >= 4 is 0 Å². The number of aryl methyl sites for hydroxylation is 2. The molecule has 2 aromatic carbocycles. The molecule has 6 nitrogen and oxygen atoms in total. The minimum atomic E-state index is -0.589. The second kappa shape index (κ2) is 8.01. The molecule has 166 valence electrons. The molecule has 6 heteroatoms. The van der Waals surface area contributed by atoms with Crippen LogP contribution in [-0.2, 0) is 0 Å². The third-order valence-electron chi connectivity index (χ3n) is 7.03. The lowest BCUT2D eigenvalue weighted by atomic mass is 9.81. The highest BCUT2D eigenvalue weighted by atomic mass is 16.6. The quantitative estimate of drug-likeness (QED) is 0.785. The van der Waals surface area contributed by atoms with Gasteiger partial charge in [-0.3, -0.25) is 0 Å². The molecule has 0 aromatic heterocycles. The summed E-state index contributed by atoms with van der Waals surface area (Å²) in [7, 11) is 0. The summed E-state index contributed by atoms with van der Waals surface area (Å²) in [4.78, 5) is 2.28. The van der Waals surface area contributed by atoms with Crippen molar-refractivity contribution in [1.29, 1.82) is 0 Å². The van der Waals surface area contributed by atoms with Crippen LogP contribution in [0.2, 0.25) is 0 Å². The molecule has 1 spiro atoms. The van der Waals surface area contributed by atoms with Gasteiger partial charge in [0.15, 0.2) is 11.5 Å². The lowest BCUT2D eigenvalue weighted by Crippen LogP contribution is -2.51. The normalized spacial score (nSPS) is 23.2. The van der Waals surface area contributed by atoms with E-state index in [0.29, 0.717) is 31.9 Å². The van der Waals surface area contributed by atoms with Gasteiger partial charge in [0.05, 0.1) is 12.2 Å². The Balaban J connectivity index is 1.23. The van der Waals surface area contributed by atoms with Crippen molar-refractivity contribution in [3.63, 3.8) is 0 Å². The van der Waals surface area contributed by atoms with Gasteiger partial charge in [-0.15, -0.1) is 0 Å². The predicted molar refractivity (Wildman–Crippen MR) is 117 cm³/mol. The highest BCUT2D eigenvalue weighted by molar-refractivity contribution is 5.45. The molecule has 2 N–H and O–H groups in total. The van der Waals surface area contributed by atoms with E-state index in [4.69, 9.17) is 14.2 Å². The summed E-state index contributed by atoms with van der Waals surface area (Å²) in [6, 6.07) is 9.78. The highest BCUT2D eigenvalue weighted by Crippen LogP contribution is 2.45. The number of nitrogens with zero attached hydrogens (tertiary/aromatic N) is 1. The molecule has 0 saturated carbocycles. The number of aliphatic hydroxyl groups is 2. The Hall–Kier alpha value is -2.28. The van der Waals surface area contributed by atoms with E-state index >= 15 is 0 Å². The fourth-order valence-electron chi connectivity index (χ4n) is 4.96. The Labute approximate surface area is 183 Å². The maximum atomic E-state index is 10.8. The van der Waals surface area contributed by atoms with Crippen LogP contribution in [0, 0.1) is 13.8 Å². The molecule has 0 aliphatic carbocycles. The van der Waals surface area contributed by atoms with E-state index < -0.39 is 12.2 Å². The Morgan fingerprint density at radius 3 is 2.48 bits per heavy atom. The lowest BCUT2D eigenvalue weighted by molar-refractivity contribution is -0.0588. The summed E-state index contributed by atoms with van der Waals surface area (Å²) in [6.07, 6.45) is 1.22. The predicted octanol–water partition coefficient (Wildman–Crippen LogP) is 3.46. The number of rotatable bonds is 3. The Morgan fingerprint density at radius 1 is 1.00 bits per heavy atom. The molecule has 1 saturated heterocycles. The molecule has 31 heavy (non-hydrogen) atoms. The molecule has 0 radical (unpaired) electrons. The minimum absolute atomic E-state index is 0.327. The van der Waals surface area contributed by atoms with Crippen molar-refractivity contribution < 1.29 is 24.4 Å². The molecular weight excluding hydrogens is 394 g/mol. The van der Waals surface area contributed by atoms with Crippen LogP contribution in [-0.4, -0.2) is 53.6 Å². The largest absolute Gasteiger partial charge is 0.487 e. The van der Waals surface area contributed by atoms with Crippen LogP contribution in [0.1, 0.15) is 53.7 Å². The molecule has 3 aliphatic heterocycles. The topological polar surface area (TPSA) is 71.4 Å². The molecule has 3 heterocycles. The molecule has 2 aromatic rings. The van der Waals surface area contributed by atoms with E-state index in [-0.39, 0.29) is 5.60 Å². The van der Waals surface area contributed by atoms with Gasteiger partial charge in [-0.2, -0.15) is 0 Å². The van der Waals surface area contributed by atoms with Gasteiger partial charge in [0.1, 0.15) is 24.6 Å². The van der Waals surface area contributed by atoms with Gasteiger partial charge in [-0.05, 0) is 67.6 Å². The standard InChI is InChI=1S/C25H31NO5/c1-16-11-19-20(27)14-25(31-23(19)12-17(16)2)5-7-26(8-6-25)15-21(28)18-3-4-22-24(13-18)30-10-9-29-22/h3-4,11-13,20-21,27-28H,5-10,14-15H2,1-2H3/t20-,21+/m1/s1. The van der Waals surface area contributed by atoms with Crippen molar-refractivity contribution in [1.82, 2.24) is 4.90 Å². The average Bonchev–Trinajstić information content (AvgIpc) is 2.77. The Kier molecular flexibility index (Phi) is 5.32. The number of aliphatic hydroxyl groups excluding tert-OH is 2. The van der Waals surface area contributed by atoms with Gasteiger partial charge in [0.2, 0.25) is 0 Å². The first-order chi connectivity index (χ1) is 14.9. The first-order valence-electron chi connectivity index (χ1n) is 11.2. The average molecular weight is 426 g/mol. The van der Waals surface area contributed by atoms with Gasteiger partial charge < -0.3 is 29.3 Å². The zero-order valence-corrected chi connectivity index (χ0v) is 18.3. The SMILES string of the molecule is Cc1cc2c(cc1C)[C@H](O)CC1(CCN(C[C@H](O)c3ccc4c(c3)OCCO4)CC1)O2. The third-order valence-corrected chi connectivity index (χ3v) is 7.03. The Bertz CT molecular complexity index is 967. The van der Waals surface area contributed by atoms with Gasteiger partial charge in [0.25, 0.3) is 0 Å². The Morgan fingerprint density at radius 2 is 1.71 bits per heavy atom. The zero-order valence-electron chi connectivity index (χ0n) is 18.3. The van der Waals surface area contributed by atoms with Gasteiger partial charge in [-0.25, -0.2) is 0 Å². The van der Waals surface area contributed by atoms with Crippen molar-refractivity contribution in [2.45, 2.75) is 50.9 Å². The molecule has 0 amide bonds. The number of likely N-dealkylation sites (tertiary alicyclic amines) is 1. The summed E-state index contributed by atoms with van der Waals surface area (Å²) >= 11 is 0. The van der Waals surface area contributed by atoms with Crippen LogP contribution in [0.3, 0.4) is 0 Å². The second-order valence-electron chi connectivity index (χ2n) is 9.20. The maximum Gasteiger partial charge on any atom is 0.161 e. The third kappa shape index (κ3) is 4.00. The number of fused-ring (bicyclic) bond motifs is 2. The summed E-state index contributed by atoms with van der Waals surface area (Å²) in [5, 5.41) is 21.6. The minimum Gasteiger partial charge on any atom is -0.487 e. The number of piperidine rings is 1. The number of ether oxygens (including phenoxy) is 3. The van der Waals surface area contributed by atoms with E-state index in [1.165, 1.54) is 11.1 Å². The van der Waals surface area contributed by atoms with Crippen LogP contribution >= 0.6 is 0 Å². The van der Waals surface area contributed by atoms with E-state index in [1.807, 2.05) is 18.2 Å². The first-order valence-corrected chi connectivity index (χ1v) is 11.2. The molecule has 5 rings (SSSR count). The van der Waals surface area contributed by atoms with E-state index in [2.05, 4.69) is 30.9 Å². The van der Waals surface area contributed by atoms with E-state index in [1.54, 1.807) is 0 Å². The summed E-state index contributed by atoms with van der Waals surface area (Å²) in [6.45, 7) is 7.46. The van der Waals surface area contributed by atoms with Crippen LogP contribution in [0.4, 0.5) is 0 Å². The van der Waals surface area contributed by atoms with Crippen molar-refractivity contribution in [3.05, 3.63) is 52.6 Å². The summed E-state index contributed by atoms with van der Waals surface area (Å²) in [5.74, 6) is 2.27. The molecule has 1 fully saturated rings. The van der Waals surface area contributed by atoms with Gasteiger partial charge in [0, 0.05) is 31.6 Å². The monoisotopic (exact) mass is 425 g/mol. The maximum absolute atomic E-state index is 10.8. The first kappa shape index (κ1) is 20.6.